The first-order chi connectivity index (χ1) is 11.7. The van der Waals surface area contributed by atoms with E-state index in [9.17, 15) is 9.18 Å². The molecule has 0 bridgehead atoms. The Labute approximate surface area is 141 Å². The third-order valence-corrected chi connectivity index (χ3v) is 4.36. The maximum absolute atomic E-state index is 13.1. The number of nitrogens with zero attached hydrogens (tertiary/aromatic N) is 2. The molecule has 1 atom stereocenters. The van der Waals surface area contributed by atoms with Gasteiger partial charge in [0.2, 0.25) is 0 Å². The minimum absolute atomic E-state index is 0.0157. The van der Waals surface area contributed by atoms with Crippen molar-refractivity contribution in [3.8, 4) is 5.75 Å². The molecular formula is C19H21FN2O2. The zero-order chi connectivity index (χ0) is 16.8. The lowest BCUT2D eigenvalue weighted by molar-refractivity contribution is -0.133. The Kier molecular flexibility index (Phi) is 5.41. The van der Waals surface area contributed by atoms with Gasteiger partial charge in [0, 0.05) is 25.2 Å². The molecule has 1 fully saturated rings. The number of pyridine rings is 1. The molecule has 1 aliphatic rings. The molecule has 5 heteroatoms. The van der Waals surface area contributed by atoms with Gasteiger partial charge in [-0.2, -0.15) is 0 Å². The number of benzene rings is 1. The van der Waals surface area contributed by atoms with Crippen LogP contribution in [0.5, 0.6) is 5.75 Å². The summed E-state index contributed by atoms with van der Waals surface area (Å²) in [7, 11) is 0. The van der Waals surface area contributed by atoms with Crippen LogP contribution >= 0.6 is 0 Å². The number of amides is 1. The summed E-state index contributed by atoms with van der Waals surface area (Å²) in [6, 6.07) is 10.2. The Balaban J connectivity index is 1.61. The van der Waals surface area contributed by atoms with Gasteiger partial charge in [-0.1, -0.05) is 18.6 Å². The summed E-state index contributed by atoms with van der Waals surface area (Å²) in [4.78, 5) is 18.3. The second-order valence-corrected chi connectivity index (χ2v) is 6.06. The smallest absolute Gasteiger partial charge is 0.260 e. The molecule has 1 aliphatic heterocycles. The van der Waals surface area contributed by atoms with Gasteiger partial charge in [-0.15, -0.1) is 0 Å². The Bertz CT molecular complexity index is 661. The Morgan fingerprint density at radius 2 is 2.08 bits per heavy atom. The van der Waals surface area contributed by atoms with Crippen molar-refractivity contribution in [2.24, 2.45) is 0 Å². The van der Waals surface area contributed by atoms with Crippen LogP contribution in [0.3, 0.4) is 0 Å². The van der Waals surface area contributed by atoms with E-state index in [4.69, 9.17) is 4.74 Å². The van der Waals surface area contributed by atoms with Crippen LogP contribution in [0.4, 0.5) is 4.39 Å². The molecule has 0 saturated carbocycles. The van der Waals surface area contributed by atoms with E-state index in [1.807, 2.05) is 17.0 Å². The van der Waals surface area contributed by atoms with Crippen molar-refractivity contribution in [3.63, 3.8) is 0 Å². The number of carbonyl (C=O) groups is 1. The van der Waals surface area contributed by atoms with Crippen LogP contribution in [0.1, 0.15) is 30.7 Å². The van der Waals surface area contributed by atoms with Crippen molar-refractivity contribution in [2.45, 2.75) is 25.2 Å². The average Bonchev–Trinajstić information content (AvgIpc) is 2.87. The van der Waals surface area contributed by atoms with E-state index in [0.717, 1.165) is 31.4 Å². The number of carbonyl (C=O) groups excluding carboxylic acids is 1. The third kappa shape index (κ3) is 4.31. The highest BCUT2D eigenvalue weighted by atomic mass is 19.1. The molecule has 0 radical (unpaired) electrons. The zero-order valence-electron chi connectivity index (χ0n) is 13.5. The lowest BCUT2D eigenvalue weighted by Gasteiger charge is -2.25. The Morgan fingerprint density at radius 3 is 2.83 bits per heavy atom. The number of rotatable bonds is 4. The predicted molar refractivity (Wildman–Crippen MR) is 89.3 cm³/mol. The van der Waals surface area contributed by atoms with E-state index in [1.54, 1.807) is 24.5 Å². The van der Waals surface area contributed by atoms with Crippen molar-refractivity contribution < 1.29 is 13.9 Å². The van der Waals surface area contributed by atoms with E-state index in [-0.39, 0.29) is 24.2 Å². The van der Waals surface area contributed by atoms with Crippen LogP contribution in [-0.2, 0) is 4.79 Å². The maximum Gasteiger partial charge on any atom is 0.260 e. The fourth-order valence-electron chi connectivity index (χ4n) is 3.04. The van der Waals surface area contributed by atoms with Crippen LogP contribution in [-0.4, -0.2) is 35.5 Å². The number of hydrogen-bond donors (Lipinski definition) is 0. The van der Waals surface area contributed by atoms with Gasteiger partial charge in [0.05, 0.1) is 6.20 Å². The van der Waals surface area contributed by atoms with Gasteiger partial charge in [-0.05, 0) is 42.7 Å². The number of aromatic nitrogens is 1. The summed E-state index contributed by atoms with van der Waals surface area (Å²) in [6.45, 7) is 1.41. The molecule has 0 N–H and O–H groups in total. The molecule has 4 nitrogen and oxygen atoms in total. The molecule has 1 unspecified atom stereocenters. The molecule has 0 spiro atoms. The standard InChI is InChI=1S/C19H21FN2O2/c20-17-8-6-15(7-9-17)16-4-1-2-11-22(13-16)19(23)14-24-18-5-3-10-21-12-18/h3,5-10,12,16H,1-2,4,11,13-14H2. The summed E-state index contributed by atoms with van der Waals surface area (Å²) in [5.41, 5.74) is 1.09. The van der Waals surface area contributed by atoms with Crippen molar-refractivity contribution in [1.29, 1.82) is 0 Å². The average molecular weight is 328 g/mol. The first kappa shape index (κ1) is 16.4. The molecule has 1 aromatic carbocycles. The third-order valence-electron chi connectivity index (χ3n) is 4.36. The van der Waals surface area contributed by atoms with Gasteiger partial charge >= 0.3 is 0 Å². The molecular weight excluding hydrogens is 307 g/mol. The van der Waals surface area contributed by atoms with Crippen LogP contribution < -0.4 is 4.74 Å². The monoisotopic (exact) mass is 328 g/mol. The van der Waals surface area contributed by atoms with Gasteiger partial charge in [0.1, 0.15) is 11.6 Å². The van der Waals surface area contributed by atoms with Crippen molar-refractivity contribution in [1.82, 2.24) is 9.88 Å². The van der Waals surface area contributed by atoms with Crippen LogP contribution in [0.25, 0.3) is 0 Å². The van der Waals surface area contributed by atoms with E-state index >= 15 is 0 Å². The number of ether oxygens (including phenoxy) is 1. The largest absolute Gasteiger partial charge is 0.482 e. The molecule has 1 amide bonds. The van der Waals surface area contributed by atoms with Gasteiger partial charge in [-0.3, -0.25) is 9.78 Å². The van der Waals surface area contributed by atoms with Crippen molar-refractivity contribution in [2.75, 3.05) is 19.7 Å². The number of hydrogen-bond acceptors (Lipinski definition) is 3. The van der Waals surface area contributed by atoms with E-state index in [0.29, 0.717) is 12.3 Å². The van der Waals surface area contributed by atoms with Crippen LogP contribution in [0.2, 0.25) is 0 Å². The fourth-order valence-corrected chi connectivity index (χ4v) is 3.04. The number of likely N-dealkylation sites (tertiary alicyclic amines) is 1. The molecule has 0 aliphatic carbocycles. The SMILES string of the molecule is O=C(COc1cccnc1)N1CCCCC(c2ccc(F)cc2)C1. The zero-order valence-corrected chi connectivity index (χ0v) is 13.5. The maximum atomic E-state index is 13.1. The summed E-state index contributed by atoms with van der Waals surface area (Å²) < 4.78 is 18.6. The minimum Gasteiger partial charge on any atom is -0.482 e. The molecule has 126 valence electrons. The molecule has 1 saturated heterocycles. The van der Waals surface area contributed by atoms with Gasteiger partial charge in [0.25, 0.3) is 5.91 Å². The predicted octanol–water partition coefficient (Wildman–Crippen LogP) is 3.40. The normalized spacial score (nSPS) is 18.0. The van der Waals surface area contributed by atoms with E-state index in [1.165, 1.54) is 12.1 Å². The highest BCUT2D eigenvalue weighted by Crippen LogP contribution is 2.26. The lowest BCUT2D eigenvalue weighted by Crippen LogP contribution is -2.37. The Hall–Kier alpha value is -2.43. The second-order valence-electron chi connectivity index (χ2n) is 6.06. The van der Waals surface area contributed by atoms with Gasteiger partial charge in [-0.25, -0.2) is 4.39 Å². The fraction of sp³-hybridized carbons (Fsp3) is 0.368. The summed E-state index contributed by atoms with van der Waals surface area (Å²) in [5.74, 6) is 0.587. The molecule has 1 aromatic heterocycles. The van der Waals surface area contributed by atoms with Gasteiger partial charge < -0.3 is 9.64 Å². The Morgan fingerprint density at radius 1 is 1.25 bits per heavy atom. The van der Waals surface area contributed by atoms with Gasteiger partial charge in [0.15, 0.2) is 6.61 Å². The molecule has 3 rings (SSSR count). The molecule has 24 heavy (non-hydrogen) atoms. The molecule has 2 aromatic rings. The second kappa shape index (κ2) is 7.90. The minimum atomic E-state index is -0.231. The molecule has 2 heterocycles. The topological polar surface area (TPSA) is 42.4 Å². The number of halogens is 1. The van der Waals surface area contributed by atoms with E-state index < -0.39 is 0 Å². The van der Waals surface area contributed by atoms with Crippen molar-refractivity contribution >= 4 is 5.91 Å². The first-order valence-corrected chi connectivity index (χ1v) is 8.28. The lowest BCUT2D eigenvalue weighted by atomic mass is 9.94. The summed E-state index contributed by atoms with van der Waals surface area (Å²) in [6.07, 6.45) is 6.32. The highest BCUT2D eigenvalue weighted by Gasteiger charge is 2.23. The summed E-state index contributed by atoms with van der Waals surface area (Å²) in [5, 5.41) is 0. The van der Waals surface area contributed by atoms with E-state index in [2.05, 4.69) is 4.98 Å². The quantitative estimate of drug-likeness (QED) is 0.864. The highest BCUT2D eigenvalue weighted by molar-refractivity contribution is 5.77. The van der Waals surface area contributed by atoms with Crippen LogP contribution in [0, 0.1) is 5.82 Å². The summed E-state index contributed by atoms with van der Waals surface area (Å²) >= 11 is 0. The first-order valence-electron chi connectivity index (χ1n) is 8.28. The van der Waals surface area contributed by atoms with Crippen LogP contribution in [0.15, 0.2) is 48.8 Å². The van der Waals surface area contributed by atoms with Crippen molar-refractivity contribution in [3.05, 3.63) is 60.2 Å².